The van der Waals surface area contributed by atoms with Crippen LogP contribution in [0.3, 0.4) is 0 Å². The summed E-state index contributed by atoms with van der Waals surface area (Å²) >= 11 is -2.20. The fourth-order valence-corrected chi connectivity index (χ4v) is 1.54. The Morgan fingerprint density at radius 2 is 1.56 bits per heavy atom. The molecule has 0 radical (unpaired) electrons. The summed E-state index contributed by atoms with van der Waals surface area (Å²) in [5, 5.41) is 20.9. The van der Waals surface area contributed by atoms with Crippen molar-refractivity contribution in [3.63, 3.8) is 0 Å². The van der Waals surface area contributed by atoms with Crippen LogP contribution in [0.2, 0.25) is 0 Å². The summed E-state index contributed by atoms with van der Waals surface area (Å²) < 4.78 is 19.1. The van der Waals surface area contributed by atoms with Crippen LogP contribution in [0.15, 0.2) is 18.2 Å². The molecule has 0 amide bonds. The van der Waals surface area contributed by atoms with Gasteiger partial charge in [0.05, 0.1) is 21.7 Å². The van der Waals surface area contributed by atoms with Crippen molar-refractivity contribution in [3.05, 3.63) is 44.0 Å². The van der Waals surface area contributed by atoms with Gasteiger partial charge in [-0.05, 0) is 5.56 Å². The highest BCUT2D eigenvalue weighted by Crippen LogP contribution is 2.23. The van der Waals surface area contributed by atoms with Gasteiger partial charge in [0.15, 0.2) is 11.1 Å². The van der Waals surface area contributed by atoms with Gasteiger partial charge in [-0.3, -0.25) is 20.2 Å². The Morgan fingerprint density at radius 1 is 1.12 bits per heavy atom. The lowest BCUT2D eigenvalue weighted by Gasteiger charge is -1.98. The highest BCUT2D eigenvalue weighted by atomic mass is 32.2. The average molecular weight is 246 g/mol. The number of hydrogen-bond donors (Lipinski definition) is 1. The van der Waals surface area contributed by atoms with Gasteiger partial charge in [0.25, 0.3) is 11.4 Å². The van der Waals surface area contributed by atoms with E-state index in [9.17, 15) is 24.4 Å². The predicted molar refractivity (Wildman–Crippen MR) is 54.2 cm³/mol. The van der Waals surface area contributed by atoms with Gasteiger partial charge in [-0.15, -0.1) is 0 Å². The van der Waals surface area contributed by atoms with Crippen LogP contribution in [-0.4, -0.2) is 18.6 Å². The Morgan fingerprint density at radius 3 is 1.88 bits per heavy atom. The average Bonchev–Trinajstić information content (AvgIpc) is 2.15. The zero-order chi connectivity index (χ0) is 12.3. The first-order valence-corrected chi connectivity index (χ1v) is 5.18. The molecule has 0 aliphatic heterocycles. The van der Waals surface area contributed by atoms with E-state index in [1.165, 1.54) is 0 Å². The van der Waals surface area contributed by atoms with Crippen molar-refractivity contribution in [2.24, 2.45) is 0 Å². The summed E-state index contributed by atoms with van der Waals surface area (Å²) in [7, 11) is 0. The van der Waals surface area contributed by atoms with Crippen molar-refractivity contribution >= 4 is 22.5 Å². The first-order chi connectivity index (χ1) is 7.40. The number of rotatable bonds is 4. The molecule has 1 unspecified atom stereocenters. The Kier molecular flexibility index (Phi) is 3.64. The van der Waals surface area contributed by atoms with Crippen molar-refractivity contribution < 1.29 is 18.6 Å². The molecule has 16 heavy (non-hydrogen) atoms. The Bertz CT molecular complexity index is 442. The van der Waals surface area contributed by atoms with E-state index >= 15 is 0 Å². The SMILES string of the molecule is O=[N+]([O-])c1cc(CS(=O)O)cc([N+](=O)[O-])c1. The molecule has 9 heteroatoms. The monoisotopic (exact) mass is 246 g/mol. The molecule has 0 saturated heterocycles. The molecule has 1 aromatic carbocycles. The first kappa shape index (κ1) is 12.2. The molecule has 86 valence electrons. The number of hydrogen-bond acceptors (Lipinski definition) is 5. The number of benzene rings is 1. The lowest BCUT2D eigenvalue weighted by atomic mass is 10.2. The van der Waals surface area contributed by atoms with Gasteiger partial charge in [-0.25, -0.2) is 4.21 Å². The minimum atomic E-state index is -2.20. The summed E-state index contributed by atoms with van der Waals surface area (Å²) in [5.74, 6) is -0.386. The number of nitrogens with zero attached hydrogens (tertiary/aromatic N) is 2. The Labute approximate surface area is 91.5 Å². The van der Waals surface area contributed by atoms with Crippen LogP contribution < -0.4 is 0 Å². The maximum Gasteiger partial charge on any atom is 0.276 e. The quantitative estimate of drug-likeness (QED) is 0.484. The summed E-state index contributed by atoms with van der Waals surface area (Å²) in [5.41, 5.74) is -0.883. The van der Waals surface area contributed by atoms with Gasteiger partial charge in [0, 0.05) is 12.1 Å². The van der Waals surface area contributed by atoms with E-state index in [0.29, 0.717) is 0 Å². The standard InChI is InChI=1S/C7H6N2O6S/c10-8(11)6-1-5(4-16(14)15)2-7(3-6)9(12)13/h1-3H,4H2,(H,14,15). The molecule has 0 aromatic heterocycles. The predicted octanol–water partition coefficient (Wildman–Crippen LogP) is 1.22. The van der Waals surface area contributed by atoms with Gasteiger partial charge in [0.2, 0.25) is 0 Å². The van der Waals surface area contributed by atoms with Crippen molar-refractivity contribution in [2.45, 2.75) is 5.75 Å². The molecule has 0 heterocycles. The lowest BCUT2D eigenvalue weighted by molar-refractivity contribution is -0.394. The fourth-order valence-electron chi connectivity index (χ4n) is 1.09. The van der Waals surface area contributed by atoms with E-state index in [0.717, 1.165) is 18.2 Å². The van der Waals surface area contributed by atoms with Gasteiger partial charge in [0.1, 0.15) is 0 Å². The Hall–Kier alpha value is -1.87. The zero-order valence-electron chi connectivity index (χ0n) is 7.73. The van der Waals surface area contributed by atoms with Crippen LogP contribution in [0.1, 0.15) is 5.56 Å². The van der Waals surface area contributed by atoms with Crippen LogP contribution in [0, 0.1) is 20.2 Å². The second kappa shape index (κ2) is 4.77. The van der Waals surface area contributed by atoms with Gasteiger partial charge in [-0.1, -0.05) is 0 Å². The zero-order valence-corrected chi connectivity index (χ0v) is 8.55. The molecule has 1 rings (SSSR count). The first-order valence-electron chi connectivity index (χ1n) is 3.90. The summed E-state index contributed by atoms with van der Waals surface area (Å²) in [4.78, 5) is 19.3. The van der Waals surface area contributed by atoms with E-state index in [-0.39, 0.29) is 11.3 Å². The van der Waals surface area contributed by atoms with Crippen molar-refractivity contribution in [2.75, 3.05) is 0 Å². The molecule has 8 nitrogen and oxygen atoms in total. The molecule has 0 spiro atoms. The van der Waals surface area contributed by atoms with E-state index < -0.39 is 32.3 Å². The van der Waals surface area contributed by atoms with Gasteiger partial charge >= 0.3 is 0 Å². The number of non-ortho nitro benzene ring substituents is 2. The van der Waals surface area contributed by atoms with Crippen LogP contribution in [-0.2, 0) is 16.8 Å². The summed E-state index contributed by atoms with van der Waals surface area (Å²) in [6.45, 7) is 0. The highest BCUT2D eigenvalue weighted by Gasteiger charge is 2.16. The van der Waals surface area contributed by atoms with Gasteiger partial charge < -0.3 is 4.55 Å². The van der Waals surface area contributed by atoms with Gasteiger partial charge in [-0.2, -0.15) is 0 Å². The molecule has 1 aromatic rings. The molecule has 0 bridgehead atoms. The maximum absolute atomic E-state index is 10.5. The third-order valence-corrected chi connectivity index (χ3v) is 2.25. The fraction of sp³-hybridized carbons (Fsp3) is 0.143. The summed E-state index contributed by atoms with van der Waals surface area (Å²) in [6.07, 6.45) is 0. The van der Waals surface area contributed by atoms with Crippen molar-refractivity contribution in [3.8, 4) is 0 Å². The second-order valence-electron chi connectivity index (χ2n) is 2.84. The van der Waals surface area contributed by atoms with E-state index in [1.54, 1.807) is 0 Å². The molecule has 0 saturated carbocycles. The number of nitro groups is 2. The van der Waals surface area contributed by atoms with E-state index in [1.807, 2.05) is 0 Å². The molecule has 1 N–H and O–H groups in total. The molecular weight excluding hydrogens is 240 g/mol. The number of nitro benzene ring substituents is 2. The third kappa shape index (κ3) is 3.07. The normalized spacial score (nSPS) is 12.1. The third-order valence-electron chi connectivity index (χ3n) is 1.67. The molecule has 1 atom stereocenters. The second-order valence-corrected chi connectivity index (χ2v) is 3.77. The lowest BCUT2D eigenvalue weighted by Crippen LogP contribution is -1.98. The van der Waals surface area contributed by atoms with E-state index in [2.05, 4.69) is 0 Å². The molecule has 0 aliphatic carbocycles. The van der Waals surface area contributed by atoms with Crippen LogP contribution in [0.25, 0.3) is 0 Å². The van der Waals surface area contributed by atoms with E-state index in [4.69, 9.17) is 4.55 Å². The maximum atomic E-state index is 10.5. The smallest absolute Gasteiger partial charge is 0.276 e. The topological polar surface area (TPSA) is 124 Å². The summed E-state index contributed by atoms with van der Waals surface area (Å²) in [6, 6.07) is 2.85. The van der Waals surface area contributed by atoms with Crippen LogP contribution >= 0.6 is 0 Å². The highest BCUT2D eigenvalue weighted by molar-refractivity contribution is 7.78. The van der Waals surface area contributed by atoms with Crippen LogP contribution in [0.4, 0.5) is 11.4 Å². The minimum absolute atomic E-state index is 0.0710. The van der Waals surface area contributed by atoms with Crippen LogP contribution in [0.5, 0.6) is 0 Å². The van der Waals surface area contributed by atoms with Crippen molar-refractivity contribution in [1.29, 1.82) is 0 Å². The largest absolute Gasteiger partial charge is 0.306 e. The molecule has 0 aliphatic rings. The minimum Gasteiger partial charge on any atom is -0.306 e. The Balaban J connectivity index is 3.23. The van der Waals surface area contributed by atoms with Crippen molar-refractivity contribution in [1.82, 2.24) is 0 Å². The molecular formula is C7H6N2O6S. The molecule has 0 fully saturated rings.